The van der Waals surface area contributed by atoms with Gasteiger partial charge in [0.25, 0.3) is 0 Å². The molecular formula is C10H11N3. The third-order valence-electron chi connectivity index (χ3n) is 1.97. The van der Waals surface area contributed by atoms with Crippen molar-refractivity contribution in [1.82, 2.24) is 0 Å². The lowest BCUT2D eigenvalue weighted by atomic mass is 10.1. The molecule has 0 aliphatic carbocycles. The molecule has 3 heteroatoms. The molecule has 0 fully saturated rings. The fraction of sp³-hybridized carbons (Fsp3) is 0. The molecule has 0 spiro atoms. The number of allylic oxidation sites excluding steroid dienone is 2. The van der Waals surface area contributed by atoms with Gasteiger partial charge in [-0.15, -0.1) is 0 Å². The lowest BCUT2D eigenvalue weighted by Gasteiger charge is -2.09. The van der Waals surface area contributed by atoms with E-state index in [0.29, 0.717) is 0 Å². The van der Waals surface area contributed by atoms with E-state index in [-0.39, 0.29) is 0 Å². The maximum absolute atomic E-state index is 5.39. The lowest BCUT2D eigenvalue weighted by molar-refractivity contribution is 1.34. The summed E-state index contributed by atoms with van der Waals surface area (Å²) in [5.41, 5.74) is 5.72. The minimum atomic E-state index is 0.921. The predicted octanol–water partition coefficient (Wildman–Crippen LogP) is 1.92. The molecule has 0 amide bonds. The number of nitrogens with two attached hydrogens (primary N) is 1. The van der Waals surface area contributed by atoms with Gasteiger partial charge >= 0.3 is 0 Å². The predicted molar refractivity (Wildman–Crippen MR) is 56.0 cm³/mol. The Morgan fingerprint density at radius 1 is 1.23 bits per heavy atom. The Hall–Kier alpha value is -1.74. The zero-order valence-electron chi connectivity index (χ0n) is 7.12. The normalized spacial score (nSPS) is 13.0. The molecule has 66 valence electrons. The van der Waals surface area contributed by atoms with Gasteiger partial charge in [0.05, 0.1) is 5.69 Å². The molecule has 1 aromatic rings. The van der Waals surface area contributed by atoms with Gasteiger partial charge in [0.15, 0.2) is 0 Å². The van der Waals surface area contributed by atoms with Gasteiger partial charge in [-0.1, -0.05) is 18.2 Å². The van der Waals surface area contributed by atoms with Gasteiger partial charge in [-0.05, 0) is 18.2 Å². The molecule has 13 heavy (non-hydrogen) atoms. The number of rotatable bonds is 1. The molecule has 1 heterocycles. The summed E-state index contributed by atoms with van der Waals surface area (Å²) in [5, 5.41) is 3.16. The number of hydrazine groups is 1. The van der Waals surface area contributed by atoms with Crippen LogP contribution in [-0.4, -0.2) is 0 Å². The molecule has 0 unspecified atom stereocenters. The number of benzene rings is 1. The van der Waals surface area contributed by atoms with E-state index < -0.39 is 0 Å². The molecule has 0 bridgehead atoms. The van der Waals surface area contributed by atoms with E-state index >= 15 is 0 Å². The highest BCUT2D eigenvalue weighted by atomic mass is 15.2. The van der Waals surface area contributed by atoms with E-state index in [0.717, 1.165) is 16.9 Å². The third-order valence-corrected chi connectivity index (χ3v) is 1.97. The molecular weight excluding hydrogens is 162 g/mol. The topological polar surface area (TPSA) is 50.1 Å². The highest BCUT2D eigenvalue weighted by Crippen LogP contribution is 2.26. The van der Waals surface area contributed by atoms with Crippen LogP contribution in [0.15, 0.2) is 36.6 Å². The van der Waals surface area contributed by atoms with Crippen molar-refractivity contribution in [3.8, 4) is 0 Å². The van der Waals surface area contributed by atoms with Crippen molar-refractivity contribution in [1.29, 1.82) is 0 Å². The number of hydrogen-bond donors (Lipinski definition) is 3. The van der Waals surface area contributed by atoms with Crippen molar-refractivity contribution in [2.75, 3.05) is 10.7 Å². The molecule has 4 N–H and O–H groups in total. The second-order valence-electron chi connectivity index (χ2n) is 2.77. The Bertz CT molecular complexity index is 366. The van der Waals surface area contributed by atoms with E-state index in [2.05, 4.69) is 10.7 Å². The van der Waals surface area contributed by atoms with Crippen LogP contribution in [0, 0.1) is 0 Å². The van der Waals surface area contributed by atoms with Crippen LogP contribution >= 0.6 is 0 Å². The Kier molecular flexibility index (Phi) is 2.02. The van der Waals surface area contributed by atoms with Crippen LogP contribution in [0.2, 0.25) is 0 Å². The van der Waals surface area contributed by atoms with Crippen LogP contribution in [0.1, 0.15) is 5.56 Å². The number of fused-ring (bicyclic) bond motifs is 1. The summed E-state index contributed by atoms with van der Waals surface area (Å²) in [6, 6.07) is 5.90. The molecule has 0 aromatic heterocycles. The Morgan fingerprint density at radius 2 is 2.15 bits per heavy atom. The minimum absolute atomic E-state index is 0.921. The SMILES string of the molecule is NNc1cccc2c1C=CC=CN2. The first kappa shape index (κ1) is 7.89. The van der Waals surface area contributed by atoms with Crippen molar-refractivity contribution in [3.63, 3.8) is 0 Å². The summed E-state index contributed by atoms with van der Waals surface area (Å²) in [7, 11) is 0. The Balaban J connectivity index is 2.55. The number of nitrogens with one attached hydrogen (secondary N) is 2. The van der Waals surface area contributed by atoms with Gasteiger partial charge < -0.3 is 10.7 Å². The fourth-order valence-electron chi connectivity index (χ4n) is 1.34. The molecule has 1 aromatic carbocycles. The second-order valence-corrected chi connectivity index (χ2v) is 2.77. The molecule has 1 aliphatic heterocycles. The van der Waals surface area contributed by atoms with Gasteiger partial charge in [-0.2, -0.15) is 0 Å². The summed E-state index contributed by atoms with van der Waals surface area (Å²) in [5.74, 6) is 5.39. The monoisotopic (exact) mass is 173 g/mol. The first-order chi connectivity index (χ1) is 6.42. The minimum Gasteiger partial charge on any atom is -0.361 e. The van der Waals surface area contributed by atoms with E-state index in [9.17, 15) is 0 Å². The largest absolute Gasteiger partial charge is 0.361 e. The molecule has 2 rings (SSSR count). The Morgan fingerprint density at radius 3 is 3.00 bits per heavy atom. The summed E-state index contributed by atoms with van der Waals surface area (Å²) in [4.78, 5) is 0. The highest BCUT2D eigenvalue weighted by molar-refractivity contribution is 5.79. The van der Waals surface area contributed by atoms with Crippen LogP contribution in [0.4, 0.5) is 11.4 Å². The van der Waals surface area contributed by atoms with Crippen molar-refractivity contribution in [2.45, 2.75) is 0 Å². The third kappa shape index (κ3) is 1.41. The summed E-state index contributed by atoms with van der Waals surface area (Å²) < 4.78 is 0. The summed E-state index contributed by atoms with van der Waals surface area (Å²) >= 11 is 0. The fourth-order valence-corrected chi connectivity index (χ4v) is 1.34. The lowest BCUT2D eigenvalue weighted by Crippen LogP contribution is -2.08. The molecule has 0 saturated heterocycles. The number of anilines is 2. The quantitative estimate of drug-likeness (QED) is 0.449. The van der Waals surface area contributed by atoms with Crippen LogP contribution < -0.4 is 16.6 Å². The zero-order chi connectivity index (χ0) is 9.10. The first-order valence-electron chi connectivity index (χ1n) is 4.11. The van der Waals surface area contributed by atoms with Crippen molar-refractivity contribution in [3.05, 3.63) is 42.1 Å². The Labute approximate surface area is 76.9 Å². The van der Waals surface area contributed by atoms with Crippen LogP contribution in [0.5, 0.6) is 0 Å². The summed E-state index contributed by atoms with van der Waals surface area (Å²) in [6.45, 7) is 0. The van der Waals surface area contributed by atoms with Gasteiger partial charge in [-0.3, -0.25) is 5.84 Å². The molecule has 0 atom stereocenters. The van der Waals surface area contributed by atoms with Gasteiger partial charge in [0.1, 0.15) is 0 Å². The first-order valence-corrected chi connectivity index (χ1v) is 4.11. The molecule has 0 saturated carbocycles. The maximum atomic E-state index is 5.39. The van der Waals surface area contributed by atoms with E-state index in [1.54, 1.807) is 0 Å². The van der Waals surface area contributed by atoms with Crippen molar-refractivity contribution < 1.29 is 0 Å². The van der Waals surface area contributed by atoms with E-state index in [1.165, 1.54) is 0 Å². The highest BCUT2D eigenvalue weighted by Gasteiger charge is 2.03. The van der Waals surface area contributed by atoms with Crippen LogP contribution in [-0.2, 0) is 0 Å². The standard InChI is InChI=1S/C10H11N3/c11-13-10-6-3-5-9-8(10)4-1-2-7-12-9/h1-7,12-13H,11H2. The molecule has 0 radical (unpaired) electrons. The van der Waals surface area contributed by atoms with Crippen molar-refractivity contribution in [2.24, 2.45) is 5.84 Å². The van der Waals surface area contributed by atoms with E-state index in [4.69, 9.17) is 5.84 Å². The summed E-state index contributed by atoms with van der Waals surface area (Å²) in [6.07, 6.45) is 7.82. The molecule has 3 nitrogen and oxygen atoms in total. The van der Waals surface area contributed by atoms with Gasteiger partial charge in [0, 0.05) is 17.5 Å². The van der Waals surface area contributed by atoms with Gasteiger partial charge in [-0.25, -0.2) is 0 Å². The van der Waals surface area contributed by atoms with Crippen LogP contribution in [0.3, 0.4) is 0 Å². The molecule has 1 aliphatic rings. The number of hydrogen-bond acceptors (Lipinski definition) is 3. The second kappa shape index (κ2) is 3.33. The number of nitrogen functional groups attached to an aromatic ring is 1. The maximum Gasteiger partial charge on any atom is 0.0578 e. The van der Waals surface area contributed by atoms with Gasteiger partial charge in [0.2, 0.25) is 0 Å². The van der Waals surface area contributed by atoms with Crippen LogP contribution in [0.25, 0.3) is 6.08 Å². The average molecular weight is 173 g/mol. The smallest absolute Gasteiger partial charge is 0.0578 e. The van der Waals surface area contributed by atoms with Crippen molar-refractivity contribution >= 4 is 17.5 Å². The average Bonchev–Trinajstić information content (AvgIpc) is 2.41. The zero-order valence-corrected chi connectivity index (χ0v) is 7.12. The van der Waals surface area contributed by atoms with E-state index in [1.807, 2.05) is 42.6 Å².